The van der Waals surface area contributed by atoms with Crippen LogP contribution in [0.1, 0.15) is 31.2 Å². The van der Waals surface area contributed by atoms with Gasteiger partial charge >= 0.3 is 0 Å². The number of nitrogens with zero attached hydrogens (tertiary/aromatic N) is 3. The zero-order chi connectivity index (χ0) is 19.3. The highest BCUT2D eigenvalue weighted by Crippen LogP contribution is 2.31. The van der Waals surface area contributed by atoms with Gasteiger partial charge in [-0.1, -0.05) is 17.7 Å². The highest BCUT2D eigenvalue weighted by Gasteiger charge is 2.35. The molecule has 0 amide bonds. The number of aryl methyl sites for hydroxylation is 1. The van der Waals surface area contributed by atoms with E-state index in [1.54, 1.807) is 36.5 Å². The molecular formula is C20H23N5O2S. The molecule has 2 aliphatic rings. The van der Waals surface area contributed by atoms with Crippen molar-refractivity contribution in [2.45, 2.75) is 55.6 Å². The van der Waals surface area contributed by atoms with Gasteiger partial charge in [0.05, 0.1) is 10.3 Å². The molecule has 1 aromatic carbocycles. The first-order chi connectivity index (χ1) is 13.5. The van der Waals surface area contributed by atoms with E-state index in [1.165, 1.54) is 23.1 Å². The summed E-state index contributed by atoms with van der Waals surface area (Å²) in [7, 11) is -3.71. The molecule has 0 radical (unpaired) electrons. The first kappa shape index (κ1) is 17.6. The molecule has 3 aromatic rings. The highest BCUT2D eigenvalue weighted by atomic mass is 32.2. The van der Waals surface area contributed by atoms with Crippen molar-refractivity contribution < 1.29 is 8.42 Å². The first-order valence-corrected chi connectivity index (χ1v) is 11.1. The Morgan fingerprint density at radius 2 is 1.86 bits per heavy atom. The maximum atomic E-state index is 13.1. The quantitative estimate of drug-likeness (QED) is 0.704. The molecular weight excluding hydrogens is 374 g/mol. The fourth-order valence-corrected chi connectivity index (χ4v) is 5.69. The van der Waals surface area contributed by atoms with Gasteiger partial charge in [-0.15, -0.1) is 0 Å². The molecule has 2 fully saturated rings. The van der Waals surface area contributed by atoms with E-state index in [4.69, 9.17) is 0 Å². The minimum atomic E-state index is -3.71. The van der Waals surface area contributed by atoms with Gasteiger partial charge in [0.25, 0.3) is 10.0 Å². The average Bonchev–Trinajstić information content (AvgIpc) is 3.30. The predicted octanol–water partition coefficient (Wildman–Crippen LogP) is 2.67. The van der Waals surface area contributed by atoms with Gasteiger partial charge in [-0.25, -0.2) is 22.4 Å². The van der Waals surface area contributed by atoms with Crippen LogP contribution in [0.5, 0.6) is 0 Å². The normalized spacial score (nSPS) is 24.5. The lowest BCUT2D eigenvalue weighted by atomic mass is 10.00. The Kier molecular flexibility index (Phi) is 4.13. The molecule has 2 aromatic heterocycles. The Hall–Kier alpha value is -2.45. The molecule has 5 rings (SSSR count). The maximum Gasteiger partial charge on any atom is 0.269 e. The highest BCUT2D eigenvalue weighted by molar-refractivity contribution is 7.90. The topological polar surface area (TPSA) is 88.9 Å². The van der Waals surface area contributed by atoms with Crippen molar-refractivity contribution in [2.24, 2.45) is 0 Å². The van der Waals surface area contributed by atoms with Crippen molar-refractivity contribution in [1.29, 1.82) is 0 Å². The summed E-state index contributed by atoms with van der Waals surface area (Å²) in [5.41, 5.74) is 1.41. The number of nitrogens with one attached hydrogen (secondary N) is 2. The summed E-state index contributed by atoms with van der Waals surface area (Å²) >= 11 is 0. The van der Waals surface area contributed by atoms with Crippen LogP contribution in [0.25, 0.3) is 11.0 Å². The van der Waals surface area contributed by atoms with Crippen molar-refractivity contribution >= 4 is 26.9 Å². The summed E-state index contributed by atoms with van der Waals surface area (Å²) < 4.78 is 27.4. The van der Waals surface area contributed by atoms with Crippen molar-refractivity contribution in [3.05, 3.63) is 48.4 Å². The van der Waals surface area contributed by atoms with E-state index in [-0.39, 0.29) is 4.90 Å². The van der Waals surface area contributed by atoms with Crippen LogP contribution < -0.4 is 10.6 Å². The van der Waals surface area contributed by atoms with E-state index in [2.05, 4.69) is 20.6 Å². The van der Waals surface area contributed by atoms with Gasteiger partial charge in [0.15, 0.2) is 5.65 Å². The number of rotatable bonds is 4. The van der Waals surface area contributed by atoms with Gasteiger partial charge in [0, 0.05) is 24.3 Å². The van der Waals surface area contributed by atoms with Crippen LogP contribution in [0.2, 0.25) is 0 Å². The van der Waals surface area contributed by atoms with E-state index < -0.39 is 10.0 Å². The van der Waals surface area contributed by atoms with Crippen LogP contribution in [-0.4, -0.2) is 40.5 Å². The van der Waals surface area contributed by atoms with Gasteiger partial charge in [-0.3, -0.25) is 0 Å². The van der Waals surface area contributed by atoms with E-state index in [0.29, 0.717) is 29.6 Å². The van der Waals surface area contributed by atoms with Gasteiger partial charge in [-0.05, 0) is 50.8 Å². The van der Waals surface area contributed by atoms with Crippen molar-refractivity contribution in [1.82, 2.24) is 19.3 Å². The molecule has 146 valence electrons. The van der Waals surface area contributed by atoms with Crippen LogP contribution in [0.15, 0.2) is 47.8 Å². The number of aromatic nitrogens is 3. The smallest absolute Gasteiger partial charge is 0.269 e. The first-order valence-electron chi connectivity index (χ1n) is 9.69. The molecule has 2 bridgehead atoms. The Bertz CT molecular complexity index is 1120. The van der Waals surface area contributed by atoms with E-state index in [1.807, 2.05) is 6.92 Å². The Morgan fingerprint density at radius 1 is 1.07 bits per heavy atom. The van der Waals surface area contributed by atoms with Gasteiger partial charge in [0.1, 0.15) is 12.1 Å². The van der Waals surface area contributed by atoms with Crippen LogP contribution in [-0.2, 0) is 10.0 Å². The summed E-state index contributed by atoms with van der Waals surface area (Å²) in [5.74, 6) is 0.694. The summed E-state index contributed by atoms with van der Waals surface area (Å²) in [6.07, 6.45) is 7.64. The molecule has 2 N–H and O–H groups in total. The molecule has 0 aliphatic carbocycles. The lowest BCUT2D eigenvalue weighted by molar-refractivity contribution is 0.375. The van der Waals surface area contributed by atoms with Gasteiger partial charge in [-0.2, -0.15) is 0 Å². The predicted molar refractivity (Wildman–Crippen MR) is 108 cm³/mol. The van der Waals surface area contributed by atoms with Crippen molar-refractivity contribution in [2.75, 3.05) is 5.32 Å². The molecule has 0 spiro atoms. The second-order valence-electron chi connectivity index (χ2n) is 7.76. The fraction of sp³-hybridized carbons (Fsp3) is 0.400. The molecule has 8 heteroatoms. The monoisotopic (exact) mass is 397 g/mol. The number of hydrogen-bond acceptors (Lipinski definition) is 6. The number of anilines is 1. The zero-order valence-electron chi connectivity index (χ0n) is 15.7. The average molecular weight is 398 g/mol. The van der Waals surface area contributed by atoms with E-state index in [9.17, 15) is 8.42 Å². The third-order valence-electron chi connectivity index (χ3n) is 5.94. The minimum absolute atomic E-state index is 0.247. The van der Waals surface area contributed by atoms with Gasteiger partial charge < -0.3 is 10.6 Å². The zero-order valence-corrected chi connectivity index (χ0v) is 16.5. The van der Waals surface area contributed by atoms with Crippen molar-refractivity contribution in [3.63, 3.8) is 0 Å². The summed E-state index contributed by atoms with van der Waals surface area (Å²) in [5, 5.41) is 7.92. The number of hydrogen-bond donors (Lipinski definition) is 2. The lowest BCUT2D eigenvalue weighted by Gasteiger charge is -2.31. The second kappa shape index (κ2) is 6.56. The molecule has 7 nitrogen and oxygen atoms in total. The van der Waals surface area contributed by atoms with Gasteiger partial charge in [0.2, 0.25) is 0 Å². The Morgan fingerprint density at radius 3 is 2.68 bits per heavy atom. The number of piperidine rings is 1. The Labute approximate surface area is 164 Å². The largest absolute Gasteiger partial charge is 0.365 e. The summed E-state index contributed by atoms with van der Waals surface area (Å²) in [6.45, 7) is 1.93. The van der Waals surface area contributed by atoms with Crippen LogP contribution in [0, 0.1) is 6.92 Å². The summed E-state index contributed by atoms with van der Waals surface area (Å²) in [6, 6.07) is 10.0. The minimum Gasteiger partial charge on any atom is -0.365 e. The van der Waals surface area contributed by atoms with Crippen LogP contribution in [0.4, 0.5) is 5.82 Å². The number of benzene rings is 1. The maximum absolute atomic E-state index is 13.1. The van der Waals surface area contributed by atoms with Crippen molar-refractivity contribution in [3.8, 4) is 0 Å². The third kappa shape index (κ3) is 2.87. The molecule has 2 aliphatic heterocycles. The standard InChI is InChI=1S/C20H23N5O2S/c1-13-2-6-15(7-3-13)28(26,27)25-11-10-16-19(21-12-22-20(16)25)24-18-9-5-14-4-8-17(18)23-14/h2-3,6-7,10-12,14,17-18,23H,4-5,8-9H2,1H3,(H,21,22,24)/t14-,17+,18-/m0/s1. The van der Waals surface area contributed by atoms with E-state index >= 15 is 0 Å². The second-order valence-corrected chi connectivity index (χ2v) is 9.58. The Balaban J connectivity index is 1.51. The lowest BCUT2D eigenvalue weighted by Crippen LogP contribution is -2.47. The summed E-state index contributed by atoms with van der Waals surface area (Å²) in [4.78, 5) is 8.92. The molecule has 2 saturated heterocycles. The molecule has 0 saturated carbocycles. The third-order valence-corrected chi connectivity index (χ3v) is 7.62. The van der Waals surface area contributed by atoms with Crippen LogP contribution in [0.3, 0.4) is 0 Å². The SMILES string of the molecule is Cc1ccc(S(=O)(=O)n2ccc3c(N[C@H]4CC[C@@H]5CC[C@H]4N5)ncnc32)cc1. The van der Waals surface area contributed by atoms with E-state index in [0.717, 1.165) is 23.8 Å². The fourth-order valence-electron chi connectivity index (χ4n) is 4.39. The molecule has 28 heavy (non-hydrogen) atoms. The number of fused-ring (bicyclic) bond motifs is 3. The van der Waals surface area contributed by atoms with Crippen LogP contribution >= 0.6 is 0 Å². The molecule has 4 heterocycles. The molecule has 3 atom stereocenters. The molecule has 0 unspecified atom stereocenters.